The van der Waals surface area contributed by atoms with Crippen LogP contribution >= 0.6 is 0 Å². The molecular weight excluding hydrogens is 190 g/mol. The minimum Gasteiger partial charge on any atom is -0.279 e. The lowest BCUT2D eigenvalue weighted by atomic mass is 10.4. The van der Waals surface area contributed by atoms with Crippen molar-refractivity contribution in [2.45, 2.75) is 12.4 Å². The minimum atomic E-state index is -5.82. The van der Waals surface area contributed by atoms with Crippen LogP contribution in [0.25, 0.3) is 0 Å². The van der Waals surface area contributed by atoms with Gasteiger partial charge in [-0.2, -0.15) is 26.3 Å². The maximum atomic E-state index is 10.9. The molecule has 72 valence electrons. The van der Waals surface area contributed by atoms with Gasteiger partial charge in [0.05, 0.1) is 0 Å². The lowest BCUT2D eigenvalue weighted by Crippen LogP contribution is -2.36. The number of rotatable bonds is 0. The molecule has 0 N–H and O–H groups in total. The molecule has 0 aliphatic carbocycles. The monoisotopic (exact) mass is 194 g/mol. The molecule has 0 unspecified atom stereocenters. The second kappa shape index (κ2) is 4.13. The highest BCUT2D eigenvalue weighted by Crippen LogP contribution is 2.28. The molecule has 1 nitrogen and oxygen atoms in total. The molecule has 0 aromatic rings. The lowest BCUT2D eigenvalue weighted by molar-refractivity contribution is -0.217. The topological polar surface area (TPSA) is 17.1 Å². The largest absolute Gasteiger partial charge is 0.459 e. The van der Waals surface area contributed by atoms with Crippen LogP contribution in [0.5, 0.6) is 0 Å². The van der Waals surface area contributed by atoms with Crippen LogP contribution in [0.4, 0.5) is 26.3 Å². The van der Waals surface area contributed by atoms with E-state index in [0.29, 0.717) is 0 Å². The molecule has 0 aromatic heterocycles. The van der Waals surface area contributed by atoms with Crippen molar-refractivity contribution in [3.8, 4) is 0 Å². The third-order valence-electron chi connectivity index (χ3n) is 0.515. The van der Waals surface area contributed by atoms with E-state index in [9.17, 15) is 31.1 Å². The van der Waals surface area contributed by atoms with Crippen molar-refractivity contribution in [3.05, 3.63) is 13.2 Å². The summed E-state index contributed by atoms with van der Waals surface area (Å²) in [5.41, 5.74) is 0. The van der Waals surface area contributed by atoms with Crippen LogP contribution in [-0.2, 0) is 4.79 Å². The Morgan fingerprint density at radius 1 is 0.833 bits per heavy atom. The predicted molar refractivity (Wildman–Crippen MR) is 28.4 cm³/mol. The second-order valence-electron chi connectivity index (χ2n) is 1.32. The van der Waals surface area contributed by atoms with Crippen LogP contribution in [0.2, 0.25) is 0 Å². The second-order valence-corrected chi connectivity index (χ2v) is 1.32. The van der Waals surface area contributed by atoms with Crippen LogP contribution < -0.4 is 0 Å². The molecule has 0 radical (unpaired) electrons. The Morgan fingerprint density at radius 2 is 1.00 bits per heavy atom. The summed E-state index contributed by atoms with van der Waals surface area (Å²) in [7, 11) is 0. The van der Waals surface area contributed by atoms with E-state index >= 15 is 0 Å². The van der Waals surface area contributed by atoms with Gasteiger partial charge in [0.2, 0.25) is 0 Å². The maximum Gasteiger partial charge on any atom is 0.459 e. The number of carbonyl (C=O) groups is 1. The van der Waals surface area contributed by atoms with Crippen molar-refractivity contribution in [3.63, 3.8) is 0 Å². The predicted octanol–water partition coefficient (Wildman–Crippen LogP) is 2.48. The molecule has 0 saturated heterocycles. The van der Waals surface area contributed by atoms with E-state index in [1.807, 2.05) is 0 Å². The van der Waals surface area contributed by atoms with E-state index in [4.69, 9.17) is 0 Å². The summed E-state index contributed by atoms with van der Waals surface area (Å²) in [6.45, 7) is 6.00. The summed E-state index contributed by atoms with van der Waals surface area (Å²) in [4.78, 5) is 9.24. The fourth-order valence-corrected chi connectivity index (χ4v) is 0.161. The zero-order chi connectivity index (χ0) is 10.6. The summed E-state index contributed by atoms with van der Waals surface area (Å²) in [5.74, 6) is -3.68. The normalized spacial score (nSPS) is 11.5. The maximum absolute atomic E-state index is 10.9. The molecule has 0 bridgehead atoms. The first-order valence-corrected chi connectivity index (χ1v) is 2.34. The smallest absolute Gasteiger partial charge is 0.279 e. The highest BCUT2D eigenvalue weighted by Gasteiger charge is 2.55. The van der Waals surface area contributed by atoms with Gasteiger partial charge in [0, 0.05) is 0 Å². The molecule has 0 aliphatic rings. The van der Waals surface area contributed by atoms with Crippen molar-refractivity contribution in [1.29, 1.82) is 0 Å². The average molecular weight is 194 g/mol. The van der Waals surface area contributed by atoms with E-state index in [1.54, 1.807) is 0 Å². The summed E-state index contributed by atoms with van der Waals surface area (Å²) >= 11 is 0. The van der Waals surface area contributed by atoms with Crippen LogP contribution in [0, 0.1) is 0 Å². The van der Waals surface area contributed by atoms with Gasteiger partial charge in [0.25, 0.3) is 0 Å². The fraction of sp³-hybridized carbons (Fsp3) is 0.400. The molecule has 0 saturated carbocycles. The van der Waals surface area contributed by atoms with Gasteiger partial charge in [-0.25, -0.2) is 0 Å². The first-order valence-electron chi connectivity index (χ1n) is 2.34. The molecule has 7 heteroatoms. The van der Waals surface area contributed by atoms with E-state index in [0.717, 1.165) is 0 Å². The number of carbonyl (C=O) groups excluding carboxylic acids is 1. The van der Waals surface area contributed by atoms with Crippen molar-refractivity contribution in [2.24, 2.45) is 0 Å². The number of hydrogen-bond acceptors (Lipinski definition) is 1. The van der Waals surface area contributed by atoms with Crippen LogP contribution in [0.15, 0.2) is 13.2 Å². The number of alkyl halides is 6. The number of hydrogen-bond donors (Lipinski definition) is 0. The first-order chi connectivity index (χ1) is 5.15. The molecule has 0 spiro atoms. The zero-order valence-electron chi connectivity index (χ0n) is 5.59. The fourth-order valence-electron chi connectivity index (χ4n) is 0.161. The molecule has 0 aliphatic heterocycles. The van der Waals surface area contributed by atoms with Crippen LogP contribution in [0.1, 0.15) is 0 Å². The lowest BCUT2D eigenvalue weighted by Gasteiger charge is -2.06. The number of ketones is 1. The Bertz CT molecular complexity index is 138. The Morgan fingerprint density at radius 3 is 1.00 bits per heavy atom. The quantitative estimate of drug-likeness (QED) is 0.427. The highest BCUT2D eigenvalue weighted by atomic mass is 19.4. The zero-order valence-corrected chi connectivity index (χ0v) is 5.59. The minimum absolute atomic E-state index is 3.00. The molecule has 0 atom stereocenters. The molecular formula is C5H4F6O. The van der Waals surface area contributed by atoms with Gasteiger partial charge in [-0.1, -0.05) is 0 Å². The SMILES string of the molecule is C=C.O=C(C(F)(F)F)C(F)(F)F. The van der Waals surface area contributed by atoms with E-state index in [1.165, 1.54) is 0 Å². The van der Waals surface area contributed by atoms with Crippen molar-refractivity contribution in [1.82, 2.24) is 0 Å². The van der Waals surface area contributed by atoms with Crippen LogP contribution in [-0.4, -0.2) is 18.1 Å². The molecule has 0 aromatic carbocycles. The summed E-state index contributed by atoms with van der Waals surface area (Å²) in [6.07, 6.45) is -11.6. The van der Waals surface area contributed by atoms with Crippen molar-refractivity contribution >= 4 is 5.78 Å². The van der Waals surface area contributed by atoms with Gasteiger partial charge in [0.15, 0.2) is 0 Å². The average Bonchev–Trinajstić information content (AvgIpc) is 1.87. The Labute approximate surface area is 63.7 Å². The van der Waals surface area contributed by atoms with Crippen molar-refractivity contribution in [2.75, 3.05) is 0 Å². The standard InChI is InChI=1S/C3F6O.C2H4/c4-2(5,6)1(10)3(7,8)9;1-2/h;1-2H2. The van der Waals surface area contributed by atoms with Gasteiger partial charge < -0.3 is 0 Å². The van der Waals surface area contributed by atoms with Gasteiger partial charge in [0.1, 0.15) is 0 Å². The van der Waals surface area contributed by atoms with Crippen molar-refractivity contribution < 1.29 is 31.1 Å². The Kier molecular flexibility index (Phi) is 4.67. The van der Waals surface area contributed by atoms with E-state index in [-0.39, 0.29) is 0 Å². The highest BCUT2D eigenvalue weighted by molar-refractivity contribution is 5.89. The number of halogens is 6. The third kappa shape index (κ3) is 4.75. The molecule has 0 amide bonds. The summed E-state index contributed by atoms with van der Waals surface area (Å²) < 4.78 is 65.3. The molecule has 0 rings (SSSR count). The van der Waals surface area contributed by atoms with E-state index < -0.39 is 18.1 Å². The summed E-state index contributed by atoms with van der Waals surface area (Å²) in [5, 5.41) is 0. The van der Waals surface area contributed by atoms with Crippen LogP contribution in [0.3, 0.4) is 0 Å². The Hall–Kier alpha value is -1.01. The molecule has 0 heterocycles. The molecule has 12 heavy (non-hydrogen) atoms. The van der Waals surface area contributed by atoms with Gasteiger partial charge in [-0.15, -0.1) is 13.2 Å². The third-order valence-corrected chi connectivity index (χ3v) is 0.515. The van der Waals surface area contributed by atoms with Gasteiger partial charge >= 0.3 is 18.1 Å². The van der Waals surface area contributed by atoms with Gasteiger partial charge in [-0.05, 0) is 0 Å². The van der Waals surface area contributed by atoms with E-state index in [2.05, 4.69) is 13.2 Å². The summed E-state index contributed by atoms with van der Waals surface area (Å²) in [6, 6.07) is 0. The van der Waals surface area contributed by atoms with Gasteiger partial charge in [-0.3, -0.25) is 4.79 Å². The molecule has 0 fully saturated rings. The number of Topliss-reactive ketones (excluding diaryl/α,β-unsaturated/α-hetero) is 1. The Balaban J connectivity index is 0. The first kappa shape index (κ1) is 13.6.